The lowest BCUT2D eigenvalue weighted by molar-refractivity contribution is -0.138. The molecule has 0 bridgehead atoms. The van der Waals surface area contributed by atoms with Crippen LogP contribution in [0.5, 0.6) is 0 Å². The van der Waals surface area contributed by atoms with Crippen molar-refractivity contribution in [2.45, 2.75) is 12.7 Å². The molecule has 3 aromatic rings. The summed E-state index contributed by atoms with van der Waals surface area (Å²) >= 11 is 0. The zero-order valence-electron chi connectivity index (χ0n) is 15.2. The molecule has 0 saturated heterocycles. The summed E-state index contributed by atoms with van der Waals surface area (Å²) in [4.78, 5) is 40.5. The molecule has 29 heavy (non-hydrogen) atoms. The third-order valence-electron chi connectivity index (χ3n) is 4.35. The Hall–Kier alpha value is -3.50. The van der Waals surface area contributed by atoms with Crippen molar-refractivity contribution in [2.24, 2.45) is 14.1 Å². The van der Waals surface area contributed by atoms with Crippen LogP contribution in [0.2, 0.25) is 0 Å². The molecular weight excluding hydrogens is 396 g/mol. The predicted octanol–water partition coefficient (Wildman–Crippen LogP) is 1.72. The summed E-state index contributed by atoms with van der Waals surface area (Å²) in [5.41, 5.74) is -3.00. The van der Waals surface area contributed by atoms with Gasteiger partial charge in [-0.25, -0.2) is 14.2 Å². The normalized spacial score (nSPS) is 11.7. The molecule has 1 aromatic carbocycles. The summed E-state index contributed by atoms with van der Waals surface area (Å²) in [5.74, 6) is -1.87. The highest BCUT2D eigenvalue weighted by Crippen LogP contribution is 2.32. The first-order chi connectivity index (χ1) is 13.5. The van der Waals surface area contributed by atoms with Crippen LogP contribution in [-0.2, 0) is 26.8 Å². The van der Waals surface area contributed by atoms with Crippen LogP contribution in [0, 0.1) is 5.82 Å². The van der Waals surface area contributed by atoms with Gasteiger partial charge in [-0.2, -0.15) is 13.2 Å². The lowest BCUT2D eigenvalue weighted by Crippen LogP contribution is -2.37. The third kappa shape index (κ3) is 3.75. The first kappa shape index (κ1) is 20.2. The Labute approximate surface area is 160 Å². The van der Waals surface area contributed by atoms with E-state index in [0.717, 1.165) is 21.3 Å². The number of alkyl halides is 3. The number of rotatable bonds is 3. The second-order valence-electron chi connectivity index (χ2n) is 6.26. The number of aryl methyl sites for hydroxylation is 1. The van der Waals surface area contributed by atoms with Gasteiger partial charge in [-0.15, -0.1) is 0 Å². The average molecular weight is 410 g/mol. The van der Waals surface area contributed by atoms with Gasteiger partial charge in [0.25, 0.3) is 11.5 Å². The van der Waals surface area contributed by atoms with Crippen molar-refractivity contribution in [1.82, 2.24) is 19.4 Å². The van der Waals surface area contributed by atoms with Gasteiger partial charge in [-0.05, 0) is 29.8 Å². The van der Waals surface area contributed by atoms with E-state index < -0.39 is 41.3 Å². The third-order valence-corrected chi connectivity index (χ3v) is 4.35. The smallest absolute Gasteiger partial charge is 0.347 e. The molecule has 1 amide bonds. The Morgan fingerprint density at radius 3 is 2.45 bits per heavy atom. The maximum absolute atomic E-state index is 13.2. The van der Waals surface area contributed by atoms with Gasteiger partial charge >= 0.3 is 11.9 Å². The van der Waals surface area contributed by atoms with Crippen LogP contribution in [0.4, 0.5) is 17.6 Å². The van der Waals surface area contributed by atoms with Crippen LogP contribution in [-0.4, -0.2) is 20.0 Å². The van der Waals surface area contributed by atoms with Crippen molar-refractivity contribution in [3.63, 3.8) is 0 Å². The van der Waals surface area contributed by atoms with Crippen LogP contribution in [0.1, 0.15) is 21.6 Å². The van der Waals surface area contributed by atoms with Gasteiger partial charge < -0.3 is 5.32 Å². The molecule has 0 unspecified atom stereocenters. The Bertz CT molecular complexity index is 1240. The maximum Gasteiger partial charge on any atom is 0.416 e. The number of hydrogen-bond acceptors (Lipinski definition) is 4. The Balaban J connectivity index is 1.92. The summed E-state index contributed by atoms with van der Waals surface area (Å²) in [5, 5.41) is 2.38. The molecule has 0 aliphatic heterocycles. The Morgan fingerprint density at radius 1 is 1.10 bits per heavy atom. The number of nitrogens with zero attached hydrogens (tertiary/aromatic N) is 3. The van der Waals surface area contributed by atoms with E-state index in [1.165, 1.54) is 26.2 Å². The minimum Gasteiger partial charge on any atom is -0.347 e. The van der Waals surface area contributed by atoms with Crippen LogP contribution < -0.4 is 16.6 Å². The van der Waals surface area contributed by atoms with E-state index in [-0.39, 0.29) is 22.3 Å². The molecule has 0 fully saturated rings. The first-order valence-corrected chi connectivity index (χ1v) is 8.21. The monoisotopic (exact) mass is 410 g/mol. The SMILES string of the molecule is Cn1c(=O)c2ccc(C(=O)NCc3ccc(F)cc3C(F)(F)F)nc2n(C)c1=O. The standard InChI is InChI=1S/C18H14F4N4O3/c1-25-14-11(16(28)26(2)17(25)29)5-6-13(24-14)15(27)23-8-9-3-4-10(19)7-12(9)18(20,21)22/h3-7H,8H2,1-2H3,(H,23,27). The number of pyridine rings is 1. The summed E-state index contributed by atoms with van der Waals surface area (Å²) in [6.07, 6.45) is -4.79. The van der Waals surface area contributed by atoms with Crippen molar-refractivity contribution >= 4 is 16.9 Å². The van der Waals surface area contributed by atoms with Crippen LogP contribution in [0.15, 0.2) is 39.9 Å². The molecule has 1 N–H and O–H groups in total. The number of hydrogen-bond donors (Lipinski definition) is 1. The highest BCUT2D eigenvalue weighted by atomic mass is 19.4. The van der Waals surface area contributed by atoms with Crippen molar-refractivity contribution < 1.29 is 22.4 Å². The number of carbonyl (C=O) groups is 1. The maximum atomic E-state index is 13.2. The number of amides is 1. The van der Waals surface area contributed by atoms with E-state index in [1.54, 1.807) is 0 Å². The second kappa shape index (κ2) is 7.15. The molecule has 0 aliphatic carbocycles. The minimum atomic E-state index is -4.79. The van der Waals surface area contributed by atoms with E-state index in [1.807, 2.05) is 0 Å². The zero-order valence-corrected chi connectivity index (χ0v) is 15.2. The van der Waals surface area contributed by atoms with E-state index in [9.17, 15) is 31.9 Å². The molecule has 0 aliphatic rings. The fraction of sp³-hybridized carbons (Fsp3) is 0.222. The van der Waals surface area contributed by atoms with Gasteiger partial charge in [-0.1, -0.05) is 6.07 Å². The summed E-state index contributed by atoms with van der Waals surface area (Å²) in [7, 11) is 2.67. The summed E-state index contributed by atoms with van der Waals surface area (Å²) in [6, 6.07) is 4.66. The molecule has 0 saturated carbocycles. The number of carbonyl (C=O) groups excluding carboxylic acids is 1. The zero-order chi connectivity index (χ0) is 21.5. The molecule has 152 valence electrons. The van der Waals surface area contributed by atoms with Gasteiger partial charge in [0.2, 0.25) is 0 Å². The molecule has 7 nitrogen and oxygen atoms in total. The quantitative estimate of drug-likeness (QED) is 0.667. The van der Waals surface area contributed by atoms with Crippen molar-refractivity contribution in [3.8, 4) is 0 Å². The van der Waals surface area contributed by atoms with Crippen LogP contribution in [0.3, 0.4) is 0 Å². The van der Waals surface area contributed by atoms with Gasteiger partial charge in [0.05, 0.1) is 10.9 Å². The van der Waals surface area contributed by atoms with Crippen LogP contribution in [0.25, 0.3) is 11.0 Å². The van der Waals surface area contributed by atoms with Gasteiger partial charge in [-0.3, -0.25) is 18.7 Å². The molecule has 0 spiro atoms. The molecule has 3 rings (SSSR count). The van der Waals surface area contributed by atoms with Crippen molar-refractivity contribution in [3.05, 3.63) is 73.8 Å². The highest BCUT2D eigenvalue weighted by molar-refractivity contribution is 5.94. The molecular formula is C18H14F4N4O3. The number of nitrogens with one attached hydrogen (secondary N) is 1. The summed E-state index contributed by atoms with van der Waals surface area (Å²) < 4.78 is 54.3. The lowest BCUT2D eigenvalue weighted by Gasteiger charge is -2.14. The van der Waals surface area contributed by atoms with E-state index in [4.69, 9.17) is 0 Å². The number of fused-ring (bicyclic) bond motifs is 1. The molecule has 2 aromatic heterocycles. The Morgan fingerprint density at radius 2 is 1.79 bits per heavy atom. The molecule has 0 atom stereocenters. The largest absolute Gasteiger partial charge is 0.416 e. The van der Waals surface area contributed by atoms with Crippen molar-refractivity contribution in [1.29, 1.82) is 0 Å². The average Bonchev–Trinajstić information content (AvgIpc) is 2.68. The highest BCUT2D eigenvalue weighted by Gasteiger charge is 2.33. The lowest BCUT2D eigenvalue weighted by atomic mass is 10.1. The topological polar surface area (TPSA) is 86.0 Å². The Kier molecular flexibility index (Phi) is 4.99. The molecule has 0 radical (unpaired) electrons. The molecule has 2 heterocycles. The van der Waals surface area contributed by atoms with E-state index >= 15 is 0 Å². The summed E-state index contributed by atoms with van der Waals surface area (Å²) in [6.45, 7) is -0.525. The number of halogens is 4. The number of benzene rings is 1. The fourth-order valence-electron chi connectivity index (χ4n) is 2.81. The van der Waals surface area contributed by atoms with Crippen molar-refractivity contribution in [2.75, 3.05) is 0 Å². The van der Waals surface area contributed by atoms with E-state index in [2.05, 4.69) is 10.3 Å². The van der Waals surface area contributed by atoms with Gasteiger partial charge in [0, 0.05) is 20.6 Å². The second-order valence-corrected chi connectivity index (χ2v) is 6.26. The predicted molar refractivity (Wildman–Crippen MR) is 94.8 cm³/mol. The number of aromatic nitrogens is 3. The van der Waals surface area contributed by atoms with Crippen LogP contribution >= 0.6 is 0 Å². The fourth-order valence-corrected chi connectivity index (χ4v) is 2.81. The van der Waals surface area contributed by atoms with Gasteiger partial charge in [0.1, 0.15) is 17.2 Å². The van der Waals surface area contributed by atoms with E-state index in [0.29, 0.717) is 6.07 Å². The van der Waals surface area contributed by atoms with Gasteiger partial charge in [0.15, 0.2) is 0 Å². The first-order valence-electron chi connectivity index (χ1n) is 8.21. The molecule has 11 heteroatoms. The minimum absolute atomic E-state index is 0.0384.